The molecule has 4 nitrogen and oxygen atoms in total. The van der Waals surface area contributed by atoms with Crippen LogP contribution in [0.2, 0.25) is 0 Å². The highest BCUT2D eigenvalue weighted by Gasteiger charge is 2.08. The number of nitrogens with zero attached hydrogens (tertiary/aromatic N) is 2. The third-order valence-electron chi connectivity index (χ3n) is 3.05. The van der Waals surface area contributed by atoms with Gasteiger partial charge in [0.05, 0.1) is 6.26 Å². The third-order valence-corrected chi connectivity index (χ3v) is 3.05. The van der Waals surface area contributed by atoms with Crippen LogP contribution in [0.15, 0.2) is 53.4 Å². The largest absolute Gasteiger partial charge is 0.465 e. The van der Waals surface area contributed by atoms with E-state index in [0.717, 1.165) is 6.42 Å². The lowest BCUT2D eigenvalue weighted by molar-refractivity contribution is -0.125. The van der Waals surface area contributed by atoms with Crippen molar-refractivity contribution >= 4 is 12.0 Å². The number of carbonyl (C=O) groups excluding carboxylic acids is 1. The first kappa shape index (κ1) is 14.1. The number of amides is 1. The van der Waals surface area contributed by atoms with Crippen LogP contribution in [0.1, 0.15) is 18.2 Å². The Morgan fingerprint density at radius 1 is 1.35 bits per heavy atom. The predicted octanol–water partition coefficient (Wildman–Crippen LogP) is 2.78. The van der Waals surface area contributed by atoms with E-state index >= 15 is 0 Å². The lowest BCUT2D eigenvalue weighted by Gasteiger charge is -2.18. The molecule has 0 unspecified atom stereocenters. The summed E-state index contributed by atoms with van der Waals surface area (Å²) < 4.78 is 5.16. The minimum absolute atomic E-state index is 0.00189. The molecule has 0 atom stereocenters. The summed E-state index contributed by atoms with van der Waals surface area (Å²) in [4.78, 5) is 17.9. The van der Waals surface area contributed by atoms with E-state index in [9.17, 15) is 4.79 Å². The summed E-state index contributed by atoms with van der Waals surface area (Å²) in [5.74, 6) is 0.682. The Morgan fingerprint density at radius 2 is 2.15 bits per heavy atom. The fourth-order valence-electron chi connectivity index (χ4n) is 1.88. The molecule has 0 aliphatic carbocycles. The molecule has 0 aromatic carbocycles. The number of aromatic nitrogens is 1. The zero-order valence-electron chi connectivity index (χ0n) is 11.5. The summed E-state index contributed by atoms with van der Waals surface area (Å²) in [5, 5.41) is 0. The molecule has 2 rings (SSSR count). The molecule has 0 radical (unpaired) electrons. The molecule has 104 valence electrons. The minimum Gasteiger partial charge on any atom is -0.465 e. The summed E-state index contributed by atoms with van der Waals surface area (Å²) >= 11 is 0. The van der Waals surface area contributed by atoms with Crippen LogP contribution in [0.5, 0.6) is 0 Å². The van der Waals surface area contributed by atoms with Gasteiger partial charge in [-0.2, -0.15) is 0 Å². The first-order valence-corrected chi connectivity index (χ1v) is 6.69. The second-order valence-corrected chi connectivity index (χ2v) is 4.37. The van der Waals surface area contributed by atoms with Crippen molar-refractivity contribution in [1.82, 2.24) is 9.88 Å². The molecular formula is C16H18N2O2. The van der Waals surface area contributed by atoms with Crippen LogP contribution in [-0.2, 0) is 11.2 Å². The first-order valence-electron chi connectivity index (χ1n) is 6.69. The quantitative estimate of drug-likeness (QED) is 0.758. The zero-order valence-corrected chi connectivity index (χ0v) is 11.5. The summed E-state index contributed by atoms with van der Waals surface area (Å²) in [7, 11) is 0. The standard InChI is InChI=1S/C16H18N2O2/c1-2-18(12-9-14-7-10-17-11-8-14)16(19)6-5-15-4-3-13-20-15/h3-8,10-11,13H,2,9,12H2,1H3/b6-5+. The van der Waals surface area contributed by atoms with Gasteiger partial charge in [-0.15, -0.1) is 0 Å². The molecule has 1 amide bonds. The molecule has 4 heteroatoms. The number of hydrogen-bond acceptors (Lipinski definition) is 3. The van der Waals surface area contributed by atoms with Gasteiger partial charge in [-0.25, -0.2) is 0 Å². The van der Waals surface area contributed by atoms with E-state index in [4.69, 9.17) is 4.42 Å². The van der Waals surface area contributed by atoms with E-state index in [2.05, 4.69) is 4.98 Å². The number of rotatable bonds is 6. The molecule has 0 saturated heterocycles. The number of carbonyl (C=O) groups is 1. The predicted molar refractivity (Wildman–Crippen MR) is 77.9 cm³/mol. The summed E-state index contributed by atoms with van der Waals surface area (Å²) in [6, 6.07) is 7.55. The molecule has 0 aliphatic heterocycles. The van der Waals surface area contributed by atoms with Gasteiger partial charge >= 0.3 is 0 Å². The summed E-state index contributed by atoms with van der Waals surface area (Å²) in [5.41, 5.74) is 1.18. The lowest BCUT2D eigenvalue weighted by Crippen LogP contribution is -2.31. The molecule has 2 heterocycles. The zero-order chi connectivity index (χ0) is 14.2. The second-order valence-electron chi connectivity index (χ2n) is 4.37. The Bertz CT molecular complexity index is 547. The Balaban J connectivity index is 1.89. The topological polar surface area (TPSA) is 46.3 Å². The van der Waals surface area contributed by atoms with Crippen LogP contribution >= 0.6 is 0 Å². The van der Waals surface area contributed by atoms with E-state index < -0.39 is 0 Å². The molecule has 0 fully saturated rings. The monoisotopic (exact) mass is 270 g/mol. The molecule has 0 saturated carbocycles. The number of furan rings is 1. The van der Waals surface area contributed by atoms with Gasteiger partial charge in [0.1, 0.15) is 5.76 Å². The average Bonchev–Trinajstić information content (AvgIpc) is 3.00. The number of likely N-dealkylation sites (N-methyl/N-ethyl adjacent to an activating group) is 1. The van der Waals surface area contributed by atoms with Gasteiger partial charge < -0.3 is 9.32 Å². The van der Waals surface area contributed by atoms with Crippen molar-refractivity contribution in [1.29, 1.82) is 0 Å². The molecular weight excluding hydrogens is 252 g/mol. The summed E-state index contributed by atoms with van der Waals surface area (Å²) in [6.07, 6.45) is 9.20. The van der Waals surface area contributed by atoms with Gasteiger partial charge in [0.25, 0.3) is 0 Å². The van der Waals surface area contributed by atoms with Gasteiger partial charge in [-0.1, -0.05) is 0 Å². The maximum absolute atomic E-state index is 12.1. The molecule has 0 aliphatic rings. The van der Waals surface area contributed by atoms with Gasteiger partial charge in [0.15, 0.2) is 0 Å². The molecule has 0 spiro atoms. The van der Waals surface area contributed by atoms with Crippen LogP contribution in [0.3, 0.4) is 0 Å². The van der Waals surface area contributed by atoms with Gasteiger partial charge in [-0.3, -0.25) is 9.78 Å². The number of hydrogen-bond donors (Lipinski definition) is 0. The van der Waals surface area contributed by atoms with E-state index in [0.29, 0.717) is 18.8 Å². The molecule has 2 aromatic rings. The van der Waals surface area contributed by atoms with Crippen molar-refractivity contribution in [2.45, 2.75) is 13.3 Å². The van der Waals surface area contributed by atoms with Crippen molar-refractivity contribution in [3.63, 3.8) is 0 Å². The van der Waals surface area contributed by atoms with Crippen molar-refractivity contribution in [2.24, 2.45) is 0 Å². The first-order chi connectivity index (χ1) is 9.79. The minimum atomic E-state index is -0.00189. The molecule has 20 heavy (non-hydrogen) atoms. The van der Waals surface area contributed by atoms with Gasteiger partial charge in [-0.05, 0) is 49.2 Å². The maximum Gasteiger partial charge on any atom is 0.246 e. The Kier molecular flexibility index (Phi) is 5.12. The van der Waals surface area contributed by atoms with Crippen molar-refractivity contribution in [3.8, 4) is 0 Å². The van der Waals surface area contributed by atoms with Crippen molar-refractivity contribution in [2.75, 3.05) is 13.1 Å². The molecule has 0 bridgehead atoms. The Hall–Kier alpha value is -2.36. The van der Waals surface area contributed by atoms with Gasteiger partial charge in [0.2, 0.25) is 5.91 Å². The highest BCUT2D eigenvalue weighted by atomic mass is 16.3. The van der Waals surface area contributed by atoms with E-state index in [1.165, 1.54) is 5.56 Å². The Labute approximate surface area is 118 Å². The van der Waals surface area contributed by atoms with Crippen LogP contribution in [0, 0.1) is 0 Å². The van der Waals surface area contributed by atoms with Gasteiger partial charge in [0, 0.05) is 31.6 Å². The average molecular weight is 270 g/mol. The highest BCUT2D eigenvalue weighted by molar-refractivity contribution is 5.91. The fraction of sp³-hybridized carbons (Fsp3) is 0.250. The normalized spacial score (nSPS) is 10.8. The number of pyridine rings is 1. The third kappa shape index (κ3) is 4.09. The van der Waals surface area contributed by atoms with Crippen molar-refractivity contribution in [3.05, 3.63) is 60.3 Å². The Morgan fingerprint density at radius 3 is 2.80 bits per heavy atom. The maximum atomic E-state index is 12.1. The SMILES string of the molecule is CCN(CCc1ccncc1)C(=O)/C=C/c1ccco1. The van der Waals surface area contributed by atoms with Crippen LogP contribution in [-0.4, -0.2) is 28.9 Å². The second kappa shape index (κ2) is 7.28. The van der Waals surface area contributed by atoms with Crippen molar-refractivity contribution < 1.29 is 9.21 Å². The highest BCUT2D eigenvalue weighted by Crippen LogP contribution is 2.05. The summed E-state index contributed by atoms with van der Waals surface area (Å²) in [6.45, 7) is 3.36. The van der Waals surface area contributed by atoms with E-state index in [-0.39, 0.29) is 5.91 Å². The van der Waals surface area contributed by atoms with E-state index in [1.807, 2.05) is 25.1 Å². The smallest absolute Gasteiger partial charge is 0.246 e. The fourth-order valence-corrected chi connectivity index (χ4v) is 1.88. The van der Waals surface area contributed by atoms with Crippen LogP contribution in [0.25, 0.3) is 6.08 Å². The lowest BCUT2D eigenvalue weighted by atomic mass is 10.2. The van der Waals surface area contributed by atoms with Crippen LogP contribution in [0.4, 0.5) is 0 Å². The van der Waals surface area contributed by atoms with Crippen LogP contribution < -0.4 is 0 Å². The van der Waals surface area contributed by atoms with E-state index in [1.54, 1.807) is 41.8 Å². The molecule has 0 N–H and O–H groups in total. The molecule has 2 aromatic heterocycles.